The normalized spacial score (nSPS) is 13.1. The molecule has 8 heteroatoms. The summed E-state index contributed by atoms with van der Waals surface area (Å²) in [4.78, 5) is 15.8. The van der Waals surface area contributed by atoms with Crippen molar-refractivity contribution in [1.29, 1.82) is 0 Å². The van der Waals surface area contributed by atoms with E-state index in [1.54, 1.807) is 37.3 Å². The molecule has 1 heterocycles. The molecular formula is C16H15N3O3S2. The number of nitrogens with two attached hydrogens (primary N) is 1. The number of para-hydroxylation sites is 1. The molecule has 0 aliphatic rings. The third kappa shape index (κ3) is 2.91. The van der Waals surface area contributed by atoms with Crippen molar-refractivity contribution in [1.82, 2.24) is 9.55 Å². The second-order valence-electron chi connectivity index (χ2n) is 5.44. The molecule has 1 atom stereocenters. The van der Waals surface area contributed by atoms with Crippen LogP contribution in [-0.4, -0.2) is 18.0 Å². The molecule has 0 saturated heterocycles. The number of H-pyrrole nitrogens is 1. The molecule has 6 nitrogen and oxygen atoms in total. The fourth-order valence-electron chi connectivity index (χ4n) is 2.63. The first-order valence-corrected chi connectivity index (χ1v) is 9.11. The number of hydrogen-bond donors (Lipinski definition) is 2. The highest BCUT2D eigenvalue weighted by Gasteiger charge is 2.16. The quantitative estimate of drug-likeness (QED) is 0.700. The lowest BCUT2D eigenvalue weighted by Crippen LogP contribution is -2.26. The third-order valence-electron chi connectivity index (χ3n) is 3.89. The maximum absolute atomic E-state index is 12.8. The second kappa shape index (κ2) is 5.97. The van der Waals surface area contributed by atoms with Gasteiger partial charge in [-0.2, -0.15) is 0 Å². The van der Waals surface area contributed by atoms with Crippen LogP contribution >= 0.6 is 12.2 Å². The molecule has 0 aliphatic carbocycles. The summed E-state index contributed by atoms with van der Waals surface area (Å²) in [6.07, 6.45) is 0. The van der Waals surface area contributed by atoms with E-state index in [0.717, 1.165) is 0 Å². The highest BCUT2D eigenvalue weighted by Crippen LogP contribution is 2.20. The Kier molecular flexibility index (Phi) is 4.12. The molecule has 3 rings (SSSR count). The van der Waals surface area contributed by atoms with Crippen LogP contribution in [0.4, 0.5) is 0 Å². The first-order chi connectivity index (χ1) is 11.3. The van der Waals surface area contributed by atoms with Crippen LogP contribution in [0.2, 0.25) is 0 Å². The molecule has 0 spiro atoms. The Morgan fingerprint density at radius 1 is 1.17 bits per heavy atom. The van der Waals surface area contributed by atoms with Crippen LogP contribution in [0.1, 0.15) is 18.5 Å². The fourth-order valence-corrected chi connectivity index (χ4v) is 3.55. The number of fused-ring (bicyclic) bond motifs is 1. The first-order valence-electron chi connectivity index (χ1n) is 7.15. The van der Waals surface area contributed by atoms with E-state index in [0.29, 0.717) is 16.5 Å². The van der Waals surface area contributed by atoms with Gasteiger partial charge in [-0.15, -0.1) is 0 Å². The van der Waals surface area contributed by atoms with Crippen molar-refractivity contribution in [2.24, 2.45) is 5.14 Å². The number of sulfonamides is 1. The van der Waals surface area contributed by atoms with Crippen LogP contribution < -0.4 is 10.7 Å². The van der Waals surface area contributed by atoms with E-state index in [1.165, 1.54) is 16.7 Å². The van der Waals surface area contributed by atoms with E-state index >= 15 is 0 Å². The maximum atomic E-state index is 12.8. The summed E-state index contributed by atoms with van der Waals surface area (Å²) < 4.78 is 24.8. The molecule has 1 aromatic heterocycles. The SMILES string of the molecule is C[C@H](c1cccc(S(N)(=O)=O)c1)n1c(=S)[nH]c2ccccc2c1=O. The number of aromatic amines is 1. The fraction of sp³-hybridized carbons (Fsp3) is 0.125. The molecule has 3 aromatic rings. The zero-order chi connectivity index (χ0) is 17.5. The monoisotopic (exact) mass is 361 g/mol. The standard InChI is InChI=1S/C16H15N3O3S2/c1-10(11-5-4-6-12(9-11)24(17,21)22)19-15(20)13-7-2-3-8-14(13)18-16(19)23/h2-10H,1H3,(H,18,23)(H2,17,21,22)/t10-/m1/s1. The molecule has 0 bridgehead atoms. The minimum Gasteiger partial charge on any atom is -0.332 e. The summed E-state index contributed by atoms with van der Waals surface area (Å²) in [5, 5.41) is 5.69. The summed E-state index contributed by atoms with van der Waals surface area (Å²) in [7, 11) is -3.82. The maximum Gasteiger partial charge on any atom is 0.262 e. The lowest BCUT2D eigenvalue weighted by molar-refractivity contribution is 0.591. The van der Waals surface area contributed by atoms with Gasteiger partial charge in [-0.1, -0.05) is 24.3 Å². The van der Waals surface area contributed by atoms with E-state index in [9.17, 15) is 13.2 Å². The van der Waals surface area contributed by atoms with Crippen molar-refractivity contribution in [3.8, 4) is 0 Å². The number of nitrogens with one attached hydrogen (secondary N) is 1. The Morgan fingerprint density at radius 3 is 2.58 bits per heavy atom. The van der Waals surface area contributed by atoms with Crippen LogP contribution in [0.5, 0.6) is 0 Å². The van der Waals surface area contributed by atoms with Gasteiger partial charge in [-0.25, -0.2) is 13.6 Å². The van der Waals surface area contributed by atoms with Crippen LogP contribution in [-0.2, 0) is 10.0 Å². The van der Waals surface area contributed by atoms with E-state index in [2.05, 4.69) is 4.98 Å². The number of rotatable bonds is 3. The molecule has 3 N–H and O–H groups in total. The molecule has 0 unspecified atom stereocenters. The van der Waals surface area contributed by atoms with Gasteiger partial charge >= 0.3 is 0 Å². The molecular weight excluding hydrogens is 346 g/mol. The molecule has 0 aliphatic heterocycles. The van der Waals surface area contributed by atoms with Crippen molar-refractivity contribution in [3.63, 3.8) is 0 Å². The summed E-state index contributed by atoms with van der Waals surface area (Å²) in [6.45, 7) is 1.78. The predicted octanol–water partition coefficient (Wildman–Crippen LogP) is 2.32. The van der Waals surface area contributed by atoms with Gasteiger partial charge in [0.15, 0.2) is 4.77 Å². The van der Waals surface area contributed by atoms with Gasteiger partial charge in [0, 0.05) is 0 Å². The number of benzene rings is 2. The third-order valence-corrected chi connectivity index (χ3v) is 5.10. The summed E-state index contributed by atoms with van der Waals surface area (Å²) in [6, 6.07) is 12.8. The topological polar surface area (TPSA) is 97.9 Å². The largest absolute Gasteiger partial charge is 0.332 e. The summed E-state index contributed by atoms with van der Waals surface area (Å²) >= 11 is 5.31. The Labute approximate surface area is 143 Å². The molecule has 0 radical (unpaired) electrons. The van der Waals surface area contributed by atoms with E-state index < -0.39 is 16.1 Å². The molecule has 2 aromatic carbocycles. The van der Waals surface area contributed by atoms with Crippen LogP contribution in [0.25, 0.3) is 10.9 Å². The smallest absolute Gasteiger partial charge is 0.262 e. The summed E-state index contributed by atoms with van der Waals surface area (Å²) in [5.74, 6) is 0. The zero-order valence-electron chi connectivity index (χ0n) is 12.8. The Hall–Kier alpha value is -2.29. The minimum absolute atomic E-state index is 0.00409. The number of primary sulfonamides is 1. The highest BCUT2D eigenvalue weighted by molar-refractivity contribution is 7.89. The van der Waals surface area contributed by atoms with Crippen molar-refractivity contribution >= 4 is 33.1 Å². The van der Waals surface area contributed by atoms with Crippen LogP contribution in [0, 0.1) is 4.77 Å². The van der Waals surface area contributed by atoms with Gasteiger partial charge in [0.2, 0.25) is 10.0 Å². The highest BCUT2D eigenvalue weighted by atomic mass is 32.2. The Balaban J connectivity index is 2.22. The average molecular weight is 361 g/mol. The van der Waals surface area contributed by atoms with E-state index in [-0.39, 0.29) is 15.2 Å². The van der Waals surface area contributed by atoms with Crippen molar-refractivity contribution < 1.29 is 8.42 Å². The number of aromatic nitrogens is 2. The van der Waals surface area contributed by atoms with E-state index in [4.69, 9.17) is 17.4 Å². The van der Waals surface area contributed by atoms with Crippen molar-refractivity contribution in [3.05, 3.63) is 69.2 Å². The van der Waals surface area contributed by atoms with Crippen LogP contribution in [0.15, 0.2) is 58.2 Å². The lowest BCUT2D eigenvalue weighted by Gasteiger charge is -2.17. The second-order valence-corrected chi connectivity index (χ2v) is 7.39. The van der Waals surface area contributed by atoms with Gasteiger partial charge in [0.05, 0.1) is 21.8 Å². The van der Waals surface area contributed by atoms with Crippen LogP contribution in [0.3, 0.4) is 0 Å². The van der Waals surface area contributed by atoms with E-state index in [1.807, 2.05) is 6.07 Å². The zero-order valence-corrected chi connectivity index (χ0v) is 14.4. The average Bonchev–Trinajstić information content (AvgIpc) is 2.54. The van der Waals surface area contributed by atoms with Crippen molar-refractivity contribution in [2.75, 3.05) is 0 Å². The Morgan fingerprint density at radius 2 is 1.88 bits per heavy atom. The first kappa shape index (κ1) is 16.6. The van der Waals surface area contributed by atoms with Gasteiger partial charge in [-0.3, -0.25) is 9.36 Å². The van der Waals surface area contributed by atoms with Gasteiger partial charge in [0.25, 0.3) is 5.56 Å². The lowest BCUT2D eigenvalue weighted by atomic mass is 10.1. The predicted molar refractivity (Wildman–Crippen MR) is 95.0 cm³/mol. The van der Waals surface area contributed by atoms with Gasteiger partial charge in [-0.05, 0) is 49.0 Å². The molecule has 0 fully saturated rings. The number of hydrogen-bond acceptors (Lipinski definition) is 4. The molecule has 0 saturated carbocycles. The van der Waals surface area contributed by atoms with Crippen molar-refractivity contribution in [2.45, 2.75) is 17.9 Å². The molecule has 24 heavy (non-hydrogen) atoms. The minimum atomic E-state index is -3.82. The molecule has 124 valence electrons. The number of nitrogens with zero attached hydrogens (tertiary/aromatic N) is 1. The van der Waals surface area contributed by atoms with Gasteiger partial charge < -0.3 is 4.98 Å². The summed E-state index contributed by atoms with van der Waals surface area (Å²) in [5.41, 5.74) is 1.05. The molecule has 0 amide bonds. The Bertz CT molecular complexity index is 1150. The van der Waals surface area contributed by atoms with Gasteiger partial charge in [0.1, 0.15) is 0 Å².